The number of hydrogen-bond acceptors (Lipinski definition) is 6. The second-order valence-corrected chi connectivity index (χ2v) is 8.10. The van der Waals surface area contributed by atoms with Gasteiger partial charge in [-0.1, -0.05) is 12.1 Å². The van der Waals surface area contributed by atoms with Crippen molar-refractivity contribution in [2.24, 2.45) is 0 Å². The fourth-order valence-electron chi connectivity index (χ4n) is 4.24. The first kappa shape index (κ1) is 20.6. The highest BCUT2D eigenvalue weighted by atomic mass is 19.1. The Morgan fingerprint density at radius 1 is 1.25 bits per heavy atom. The summed E-state index contributed by atoms with van der Waals surface area (Å²) in [5.74, 6) is -0.721. The summed E-state index contributed by atoms with van der Waals surface area (Å²) >= 11 is 0. The lowest BCUT2D eigenvalue weighted by atomic mass is 10.0. The molecule has 2 aromatic carbocycles. The van der Waals surface area contributed by atoms with Crippen LogP contribution in [0.4, 0.5) is 19.3 Å². The number of halogens is 2. The molecule has 0 saturated carbocycles. The molecular weight excluding hydrogens is 422 g/mol. The number of nitrogens with one attached hydrogen (secondary N) is 1. The maximum Gasteiger partial charge on any atom is 0.412 e. The van der Waals surface area contributed by atoms with Crippen molar-refractivity contribution in [2.45, 2.75) is 18.3 Å². The molecular formula is C23H20F2N2O5. The van der Waals surface area contributed by atoms with Gasteiger partial charge in [-0.2, -0.15) is 0 Å². The molecule has 0 unspecified atom stereocenters. The molecule has 0 radical (unpaired) electrons. The Morgan fingerprint density at radius 2 is 2.06 bits per heavy atom. The van der Waals surface area contributed by atoms with Gasteiger partial charge in [-0.05, 0) is 47.6 Å². The number of aliphatic hydroxyl groups is 2. The number of carbonyl (C=O) groups is 1. The van der Waals surface area contributed by atoms with Crippen LogP contribution in [0.2, 0.25) is 0 Å². The number of benzene rings is 2. The van der Waals surface area contributed by atoms with Crippen LogP contribution in [-0.2, 0) is 11.3 Å². The van der Waals surface area contributed by atoms with E-state index in [4.69, 9.17) is 9.47 Å². The molecule has 9 heteroatoms. The summed E-state index contributed by atoms with van der Waals surface area (Å²) in [4.78, 5) is 13.1. The fraction of sp³-hybridized carbons (Fsp3) is 0.261. The Bertz CT molecular complexity index is 1170. The molecule has 0 aromatic heterocycles. The third-order valence-corrected chi connectivity index (χ3v) is 5.77. The molecule has 1 aliphatic carbocycles. The van der Waals surface area contributed by atoms with E-state index in [9.17, 15) is 23.8 Å². The monoisotopic (exact) mass is 442 g/mol. The lowest BCUT2D eigenvalue weighted by Gasteiger charge is -2.24. The minimum atomic E-state index is -1.28. The van der Waals surface area contributed by atoms with Crippen LogP contribution in [0.1, 0.15) is 17.2 Å². The Balaban J connectivity index is 1.26. The van der Waals surface area contributed by atoms with Crippen molar-refractivity contribution in [1.29, 1.82) is 0 Å². The summed E-state index contributed by atoms with van der Waals surface area (Å²) in [6, 6.07) is 8.79. The summed E-state index contributed by atoms with van der Waals surface area (Å²) in [6.45, 7) is 0.639. The van der Waals surface area contributed by atoms with Crippen molar-refractivity contribution in [3.05, 3.63) is 82.6 Å². The standard InChI is InChI=1S/C23H20F2N2O5/c24-17-3-1-2-4-20(17)32-16-7-15-9-27(12-23(15,30)8-16)10-19(28)13-5-14-11-31-22(29)26-21(14)18(25)6-13/h1-8,19,28,30H,9-12H2,(H,26,29)/t19-,23+/m0/s1. The van der Waals surface area contributed by atoms with E-state index >= 15 is 0 Å². The molecule has 1 saturated heterocycles. The van der Waals surface area contributed by atoms with Crippen LogP contribution < -0.4 is 10.1 Å². The molecule has 166 valence electrons. The van der Waals surface area contributed by atoms with E-state index in [0.29, 0.717) is 29.0 Å². The Labute approximate surface area is 182 Å². The molecule has 2 aromatic rings. The zero-order valence-electron chi connectivity index (χ0n) is 16.8. The maximum atomic E-state index is 14.4. The van der Waals surface area contributed by atoms with Gasteiger partial charge >= 0.3 is 6.09 Å². The average Bonchev–Trinajstić information content (AvgIpc) is 3.20. The number of ether oxygens (including phenoxy) is 2. The largest absolute Gasteiger partial charge is 0.455 e. The van der Waals surface area contributed by atoms with Gasteiger partial charge in [0.1, 0.15) is 23.8 Å². The summed E-state index contributed by atoms with van der Waals surface area (Å²) in [5.41, 5.74) is 0.234. The molecule has 2 aliphatic heterocycles. The highest BCUT2D eigenvalue weighted by molar-refractivity contribution is 5.87. The molecule has 5 rings (SSSR count). The smallest absolute Gasteiger partial charge is 0.412 e. The van der Waals surface area contributed by atoms with E-state index in [0.717, 1.165) is 0 Å². The second-order valence-electron chi connectivity index (χ2n) is 8.10. The Kier molecular flexibility index (Phi) is 4.96. The number of likely N-dealkylation sites (tertiary alicyclic amines) is 1. The topological polar surface area (TPSA) is 91.3 Å². The molecule has 32 heavy (non-hydrogen) atoms. The first-order valence-electron chi connectivity index (χ1n) is 10.1. The van der Waals surface area contributed by atoms with Crippen molar-refractivity contribution < 1.29 is 33.3 Å². The predicted octanol–water partition coefficient (Wildman–Crippen LogP) is 3.01. The third-order valence-electron chi connectivity index (χ3n) is 5.77. The highest BCUT2D eigenvalue weighted by Crippen LogP contribution is 2.37. The highest BCUT2D eigenvalue weighted by Gasteiger charge is 2.43. The van der Waals surface area contributed by atoms with Crippen molar-refractivity contribution in [1.82, 2.24) is 4.90 Å². The number of nitrogens with zero attached hydrogens (tertiary/aromatic N) is 1. The van der Waals surface area contributed by atoms with Crippen LogP contribution >= 0.6 is 0 Å². The number of anilines is 1. The summed E-state index contributed by atoms with van der Waals surface area (Å²) < 4.78 is 38.6. The zero-order chi connectivity index (χ0) is 22.5. The van der Waals surface area contributed by atoms with Crippen molar-refractivity contribution in [2.75, 3.05) is 25.0 Å². The molecule has 3 aliphatic rings. The van der Waals surface area contributed by atoms with Crippen LogP contribution in [-0.4, -0.2) is 46.4 Å². The van der Waals surface area contributed by atoms with Gasteiger partial charge in [0.05, 0.1) is 11.8 Å². The van der Waals surface area contributed by atoms with Gasteiger partial charge in [-0.15, -0.1) is 0 Å². The number of fused-ring (bicyclic) bond motifs is 2. The van der Waals surface area contributed by atoms with Crippen LogP contribution in [0, 0.1) is 11.6 Å². The maximum absolute atomic E-state index is 14.4. The van der Waals surface area contributed by atoms with Crippen LogP contribution in [0.5, 0.6) is 5.75 Å². The van der Waals surface area contributed by atoms with E-state index in [2.05, 4.69) is 5.32 Å². The minimum absolute atomic E-state index is 0.0555. The van der Waals surface area contributed by atoms with Crippen molar-refractivity contribution in [3.8, 4) is 5.75 Å². The van der Waals surface area contributed by atoms with Gasteiger partial charge < -0.3 is 19.7 Å². The summed E-state index contributed by atoms with van der Waals surface area (Å²) in [7, 11) is 0. The lowest BCUT2D eigenvalue weighted by Crippen LogP contribution is -2.33. The molecule has 1 amide bonds. The number of hydrogen-bond donors (Lipinski definition) is 3. The SMILES string of the molecule is O=C1Nc2c(F)cc([C@@H](O)CN3CC4=CC(Oc5ccccc5F)=C[C@@]4(O)C3)cc2CO1. The number of amides is 1. The Hall–Kier alpha value is -3.27. The van der Waals surface area contributed by atoms with Gasteiger partial charge in [0.25, 0.3) is 0 Å². The predicted molar refractivity (Wildman–Crippen MR) is 110 cm³/mol. The molecule has 0 bridgehead atoms. The van der Waals surface area contributed by atoms with Crippen LogP contribution in [0.15, 0.2) is 59.9 Å². The van der Waals surface area contributed by atoms with E-state index in [-0.39, 0.29) is 31.1 Å². The number of carbonyl (C=O) groups excluding carboxylic acids is 1. The van der Waals surface area contributed by atoms with E-state index in [1.165, 1.54) is 24.3 Å². The molecule has 1 fully saturated rings. The normalized spacial score (nSPS) is 22.9. The number of aliphatic hydroxyl groups excluding tert-OH is 1. The molecule has 2 atom stereocenters. The van der Waals surface area contributed by atoms with E-state index < -0.39 is 29.4 Å². The average molecular weight is 442 g/mol. The Morgan fingerprint density at radius 3 is 2.84 bits per heavy atom. The van der Waals surface area contributed by atoms with Gasteiger partial charge in [0, 0.05) is 25.2 Å². The van der Waals surface area contributed by atoms with Gasteiger partial charge in [-0.25, -0.2) is 13.6 Å². The molecule has 7 nitrogen and oxygen atoms in total. The summed E-state index contributed by atoms with van der Waals surface area (Å²) in [5, 5.41) is 23.9. The molecule has 0 spiro atoms. The van der Waals surface area contributed by atoms with Crippen molar-refractivity contribution >= 4 is 11.8 Å². The minimum Gasteiger partial charge on any atom is -0.455 e. The van der Waals surface area contributed by atoms with Gasteiger partial charge in [0.2, 0.25) is 0 Å². The first-order valence-corrected chi connectivity index (χ1v) is 10.1. The van der Waals surface area contributed by atoms with Crippen LogP contribution in [0.25, 0.3) is 0 Å². The van der Waals surface area contributed by atoms with Gasteiger partial charge in [0.15, 0.2) is 11.6 Å². The van der Waals surface area contributed by atoms with Crippen molar-refractivity contribution in [3.63, 3.8) is 0 Å². The van der Waals surface area contributed by atoms with E-state index in [1.54, 1.807) is 24.3 Å². The number of cyclic esters (lactones) is 1. The van der Waals surface area contributed by atoms with E-state index in [1.807, 2.05) is 4.90 Å². The zero-order valence-corrected chi connectivity index (χ0v) is 16.8. The van der Waals surface area contributed by atoms with Gasteiger partial charge in [-0.3, -0.25) is 10.2 Å². The number of allylic oxidation sites excluding steroid dienone is 1. The molecule has 3 N–H and O–H groups in total. The number of para-hydroxylation sites is 1. The fourth-order valence-corrected chi connectivity index (χ4v) is 4.24. The third kappa shape index (κ3) is 3.75. The first-order chi connectivity index (χ1) is 15.3. The molecule has 2 heterocycles. The summed E-state index contributed by atoms with van der Waals surface area (Å²) in [6.07, 6.45) is 1.45. The lowest BCUT2D eigenvalue weighted by molar-refractivity contribution is 0.0903. The number of rotatable bonds is 5. The number of β-amino-alcohol motifs (C(OH)–C–C–N with tert-alkyl or cyclic N) is 2. The van der Waals surface area contributed by atoms with Crippen LogP contribution in [0.3, 0.4) is 0 Å². The quantitative estimate of drug-likeness (QED) is 0.660. The second kappa shape index (κ2) is 7.70.